The van der Waals surface area contributed by atoms with Crippen molar-refractivity contribution in [1.82, 2.24) is 9.46 Å². The van der Waals surface area contributed by atoms with E-state index in [0.717, 1.165) is 5.56 Å². The van der Waals surface area contributed by atoms with Gasteiger partial charge in [-0.1, -0.05) is 51.4 Å². The van der Waals surface area contributed by atoms with Crippen LogP contribution >= 0.6 is 15.9 Å². The second kappa shape index (κ2) is 6.72. The third-order valence-electron chi connectivity index (χ3n) is 3.10. The predicted octanol–water partition coefficient (Wildman–Crippen LogP) is 2.88. The summed E-state index contributed by atoms with van der Waals surface area (Å²) >= 11 is 3.31. The fourth-order valence-corrected chi connectivity index (χ4v) is 4.52. The Morgan fingerprint density at radius 3 is 2.43 bits per heavy atom. The van der Waals surface area contributed by atoms with Crippen molar-refractivity contribution >= 4 is 26.0 Å². The van der Waals surface area contributed by atoms with Crippen molar-refractivity contribution < 1.29 is 12.9 Å². The van der Waals surface area contributed by atoms with Crippen molar-refractivity contribution in [2.75, 3.05) is 11.9 Å². The van der Waals surface area contributed by atoms with Crippen LogP contribution in [0, 0.1) is 13.8 Å². The van der Waals surface area contributed by atoms with Gasteiger partial charge in [-0.2, -0.15) is 4.31 Å². The second-order valence-corrected chi connectivity index (χ2v) is 7.33. The summed E-state index contributed by atoms with van der Waals surface area (Å²) < 4.78 is 32.1. The zero-order valence-electron chi connectivity index (χ0n) is 11.9. The van der Waals surface area contributed by atoms with Gasteiger partial charge in [0.25, 0.3) is 0 Å². The first-order valence-corrected chi connectivity index (χ1v) is 9.06. The van der Waals surface area contributed by atoms with Gasteiger partial charge in [-0.05, 0) is 19.4 Å². The summed E-state index contributed by atoms with van der Waals surface area (Å²) in [7, 11) is -3.63. The SMILES string of the molecule is Cc1noc(C)c1S(=O)(=O)N(CCBr)Cc1ccccc1. The topological polar surface area (TPSA) is 63.4 Å². The van der Waals surface area contributed by atoms with Gasteiger partial charge >= 0.3 is 0 Å². The normalized spacial score (nSPS) is 12.0. The van der Waals surface area contributed by atoms with Crippen LogP contribution in [-0.2, 0) is 16.6 Å². The summed E-state index contributed by atoms with van der Waals surface area (Å²) in [4.78, 5) is 0.166. The zero-order valence-corrected chi connectivity index (χ0v) is 14.3. The Labute approximate surface area is 133 Å². The van der Waals surface area contributed by atoms with Crippen molar-refractivity contribution in [1.29, 1.82) is 0 Å². The molecule has 0 unspecified atom stereocenters. The number of rotatable bonds is 6. The van der Waals surface area contributed by atoms with Crippen molar-refractivity contribution in [3.8, 4) is 0 Å². The van der Waals surface area contributed by atoms with Gasteiger partial charge in [0, 0.05) is 18.4 Å². The molecule has 2 rings (SSSR count). The lowest BCUT2D eigenvalue weighted by Crippen LogP contribution is -2.32. The number of aromatic nitrogens is 1. The Morgan fingerprint density at radius 2 is 1.90 bits per heavy atom. The maximum absolute atomic E-state index is 12.8. The third kappa shape index (κ3) is 3.53. The monoisotopic (exact) mass is 372 g/mol. The quantitative estimate of drug-likeness (QED) is 0.731. The summed E-state index contributed by atoms with van der Waals surface area (Å²) in [6.07, 6.45) is 0. The summed E-state index contributed by atoms with van der Waals surface area (Å²) in [5, 5.41) is 4.30. The molecule has 21 heavy (non-hydrogen) atoms. The molecule has 0 bridgehead atoms. The van der Waals surface area contributed by atoms with Crippen LogP contribution in [-0.4, -0.2) is 29.8 Å². The van der Waals surface area contributed by atoms with Crippen LogP contribution in [0.2, 0.25) is 0 Å². The van der Waals surface area contributed by atoms with Gasteiger partial charge in [0.05, 0.1) is 0 Å². The first kappa shape index (κ1) is 16.2. The van der Waals surface area contributed by atoms with Gasteiger partial charge in [0.2, 0.25) is 10.0 Å². The Kier molecular flexibility index (Phi) is 5.18. The van der Waals surface area contributed by atoms with E-state index >= 15 is 0 Å². The number of alkyl halides is 1. The molecule has 0 fully saturated rings. The molecule has 0 saturated heterocycles. The minimum absolute atomic E-state index is 0.166. The van der Waals surface area contributed by atoms with E-state index in [1.54, 1.807) is 13.8 Å². The molecule has 0 saturated carbocycles. The van der Waals surface area contributed by atoms with Gasteiger partial charge in [0.1, 0.15) is 10.6 Å². The van der Waals surface area contributed by atoms with Crippen molar-refractivity contribution in [2.24, 2.45) is 0 Å². The summed E-state index contributed by atoms with van der Waals surface area (Å²) in [6.45, 7) is 3.94. The van der Waals surface area contributed by atoms with Crippen LogP contribution in [0.4, 0.5) is 0 Å². The number of benzene rings is 1. The average Bonchev–Trinajstić information content (AvgIpc) is 2.79. The number of nitrogens with zero attached hydrogens (tertiary/aromatic N) is 2. The third-order valence-corrected chi connectivity index (χ3v) is 5.55. The van der Waals surface area contributed by atoms with Gasteiger partial charge in [-0.3, -0.25) is 0 Å². The lowest BCUT2D eigenvalue weighted by atomic mass is 10.2. The highest BCUT2D eigenvalue weighted by molar-refractivity contribution is 9.09. The molecule has 5 nitrogen and oxygen atoms in total. The molecular weight excluding hydrogens is 356 g/mol. The largest absolute Gasteiger partial charge is 0.360 e. The van der Waals surface area contributed by atoms with Crippen molar-refractivity contribution in [3.05, 3.63) is 47.3 Å². The molecule has 0 spiro atoms. The van der Waals surface area contributed by atoms with Crippen molar-refractivity contribution in [3.63, 3.8) is 0 Å². The fraction of sp³-hybridized carbons (Fsp3) is 0.357. The van der Waals surface area contributed by atoms with E-state index in [-0.39, 0.29) is 4.90 Å². The molecule has 0 radical (unpaired) electrons. The minimum atomic E-state index is -3.63. The van der Waals surface area contributed by atoms with Crippen molar-refractivity contribution in [2.45, 2.75) is 25.3 Å². The number of halogens is 1. The predicted molar refractivity (Wildman–Crippen MR) is 83.8 cm³/mol. The van der Waals surface area contributed by atoms with Crippen LogP contribution in [0.1, 0.15) is 17.0 Å². The highest BCUT2D eigenvalue weighted by Crippen LogP contribution is 2.24. The Morgan fingerprint density at radius 1 is 1.24 bits per heavy atom. The highest BCUT2D eigenvalue weighted by atomic mass is 79.9. The van der Waals surface area contributed by atoms with E-state index in [1.807, 2.05) is 30.3 Å². The molecule has 114 valence electrons. The fourth-order valence-electron chi connectivity index (χ4n) is 2.14. The average molecular weight is 373 g/mol. The zero-order chi connectivity index (χ0) is 15.5. The number of hydrogen-bond acceptors (Lipinski definition) is 4. The summed E-state index contributed by atoms with van der Waals surface area (Å²) in [6, 6.07) is 9.50. The van der Waals surface area contributed by atoms with Crippen LogP contribution in [0.3, 0.4) is 0 Å². The number of aryl methyl sites for hydroxylation is 2. The van der Waals surface area contributed by atoms with E-state index in [4.69, 9.17) is 4.52 Å². The first-order valence-electron chi connectivity index (χ1n) is 6.49. The molecule has 7 heteroatoms. The Hall–Kier alpha value is -1.18. The Bertz CT molecular complexity index is 679. The molecule has 1 aromatic carbocycles. The second-order valence-electron chi connectivity index (χ2n) is 4.67. The molecule has 0 amide bonds. The molecule has 0 atom stereocenters. The number of sulfonamides is 1. The standard InChI is InChI=1S/C14H17BrN2O3S/c1-11-14(12(2)20-16-11)21(18,19)17(9-8-15)10-13-6-4-3-5-7-13/h3-7H,8-10H2,1-2H3. The smallest absolute Gasteiger partial charge is 0.248 e. The van der Waals surface area contributed by atoms with Crippen LogP contribution in [0.5, 0.6) is 0 Å². The van der Waals surface area contributed by atoms with Gasteiger partial charge in [-0.15, -0.1) is 0 Å². The molecule has 0 N–H and O–H groups in total. The Balaban J connectivity index is 2.37. The van der Waals surface area contributed by atoms with E-state index in [1.165, 1.54) is 4.31 Å². The van der Waals surface area contributed by atoms with E-state index in [0.29, 0.717) is 29.9 Å². The molecule has 1 aromatic heterocycles. The van der Waals surface area contributed by atoms with E-state index in [9.17, 15) is 8.42 Å². The van der Waals surface area contributed by atoms with Crippen LogP contribution in [0.15, 0.2) is 39.8 Å². The van der Waals surface area contributed by atoms with Gasteiger partial charge in [-0.25, -0.2) is 8.42 Å². The lowest BCUT2D eigenvalue weighted by molar-refractivity contribution is 0.388. The maximum Gasteiger partial charge on any atom is 0.248 e. The lowest BCUT2D eigenvalue weighted by Gasteiger charge is -2.21. The van der Waals surface area contributed by atoms with Gasteiger partial charge in [0.15, 0.2) is 5.76 Å². The summed E-state index contributed by atoms with van der Waals surface area (Å²) in [5.41, 5.74) is 1.33. The maximum atomic E-state index is 12.8. The van der Waals surface area contributed by atoms with E-state index < -0.39 is 10.0 Å². The van der Waals surface area contributed by atoms with Crippen LogP contribution < -0.4 is 0 Å². The molecule has 0 aliphatic heterocycles. The summed E-state index contributed by atoms with van der Waals surface area (Å²) in [5.74, 6) is 0.320. The molecular formula is C14H17BrN2O3S. The molecule has 0 aliphatic rings. The van der Waals surface area contributed by atoms with Gasteiger partial charge < -0.3 is 4.52 Å². The molecule has 1 heterocycles. The van der Waals surface area contributed by atoms with E-state index in [2.05, 4.69) is 21.1 Å². The molecule has 0 aliphatic carbocycles. The highest BCUT2D eigenvalue weighted by Gasteiger charge is 2.30. The minimum Gasteiger partial charge on any atom is -0.360 e. The number of hydrogen-bond donors (Lipinski definition) is 0. The first-order chi connectivity index (χ1) is 9.96. The molecule has 2 aromatic rings. The van der Waals surface area contributed by atoms with Crippen LogP contribution in [0.25, 0.3) is 0 Å².